The molecule has 0 bridgehead atoms. The van der Waals surface area contributed by atoms with Gasteiger partial charge < -0.3 is 10.0 Å². The minimum atomic E-state index is 0.0362. The van der Waals surface area contributed by atoms with Gasteiger partial charge in [0.15, 0.2) is 5.65 Å². The standard InChI is InChI=1S/C18H26N4O2/c1-11-9-15(16-12(2)20-22(4)17(16)19-11)18(24)21(3)14-7-5-13(10-23)6-8-14/h9,13-14,23H,5-8,10H2,1-4H3. The van der Waals surface area contributed by atoms with E-state index in [-0.39, 0.29) is 18.6 Å². The Labute approximate surface area is 142 Å². The predicted octanol–water partition coefficient (Wildman–Crippen LogP) is 2.21. The van der Waals surface area contributed by atoms with Gasteiger partial charge in [0.2, 0.25) is 0 Å². The molecule has 0 unspecified atom stereocenters. The first-order valence-electron chi connectivity index (χ1n) is 8.61. The highest BCUT2D eigenvalue weighted by Gasteiger charge is 2.28. The molecule has 1 amide bonds. The lowest BCUT2D eigenvalue weighted by atomic mass is 9.86. The summed E-state index contributed by atoms with van der Waals surface area (Å²) in [5, 5.41) is 14.6. The number of nitrogens with zero attached hydrogens (tertiary/aromatic N) is 4. The molecule has 1 N–H and O–H groups in total. The molecule has 0 radical (unpaired) electrons. The van der Waals surface area contributed by atoms with Gasteiger partial charge in [-0.1, -0.05) is 0 Å². The first-order chi connectivity index (χ1) is 11.4. The number of amides is 1. The number of rotatable bonds is 3. The molecule has 6 nitrogen and oxygen atoms in total. The summed E-state index contributed by atoms with van der Waals surface area (Å²) in [6.45, 7) is 4.08. The molecule has 1 fully saturated rings. The van der Waals surface area contributed by atoms with E-state index in [4.69, 9.17) is 0 Å². The van der Waals surface area contributed by atoms with E-state index in [0.717, 1.165) is 48.1 Å². The Morgan fingerprint density at radius 2 is 2.00 bits per heavy atom. The van der Waals surface area contributed by atoms with E-state index in [0.29, 0.717) is 11.5 Å². The second kappa shape index (κ2) is 6.51. The lowest BCUT2D eigenvalue weighted by Crippen LogP contribution is -2.40. The predicted molar refractivity (Wildman–Crippen MR) is 92.9 cm³/mol. The first kappa shape index (κ1) is 16.9. The maximum Gasteiger partial charge on any atom is 0.254 e. The highest BCUT2D eigenvalue weighted by Crippen LogP contribution is 2.29. The minimum absolute atomic E-state index is 0.0362. The number of hydrogen-bond acceptors (Lipinski definition) is 4. The van der Waals surface area contributed by atoms with Crippen molar-refractivity contribution >= 4 is 16.9 Å². The summed E-state index contributed by atoms with van der Waals surface area (Å²) in [6.07, 6.45) is 3.87. The summed E-state index contributed by atoms with van der Waals surface area (Å²) in [7, 11) is 3.75. The zero-order valence-electron chi connectivity index (χ0n) is 14.9. The molecule has 1 aliphatic carbocycles. The van der Waals surface area contributed by atoms with Crippen LogP contribution in [0.3, 0.4) is 0 Å². The Morgan fingerprint density at radius 3 is 2.62 bits per heavy atom. The molecule has 2 aromatic rings. The van der Waals surface area contributed by atoms with Crippen LogP contribution in [0.1, 0.15) is 47.4 Å². The van der Waals surface area contributed by atoms with Crippen LogP contribution in [0.25, 0.3) is 11.0 Å². The fraction of sp³-hybridized carbons (Fsp3) is 0.611. The molecular weight excluding hydrogens is 304 g/mol. The first-order valence-corrected chi connectivity index (χ1v) is 8.61. The molecule has 24 heavy (non-hydrogen) atoms. The lowest BCUT2D eigenvalue weighted by molar-refractivity contribution is 0.0654. The molecule has 0 saturated heterocycles. The van der Waals surface area contributed by atoms with Crippen molar-refractivity contribution in [1.29, 1.82) is 0 Å². The molecule has 0 atom stereocenters. The molecule has 3 rings (SSSR count). The summed E-state index contributed by atoms with van der Waals surface area (Å²) in [5.41, 5.74) is 3.11. The zero-order valence-corrected chi connectivity index (χ0v) is 14.9. The second-order valence-corrected chi connectivity index (χ2v) is 6.99. The van der Waals surface area contributed by atoms with E-state index in [1.165, 1.54) is 0 Å². The summed E-state index contributed by atoms with van der Waals surface area (Å²) < 4.78 is 1.74. The number of carbonyl (C=O) groups is 1. The number of carbonyl (C=O) groups excluding carboxylic acids is 1. The van der Waals surface area contributed by atoms with Crippen molar-refractivity contribution in [3.05, 3.63) is 23.0 Å². The monoisotopic (exact) mass is 330 g/mol. The van der Waals surface area contributed by atoms with Gasteiger partial charge in [0.05, 0.1) is 16.6 Å². The van der Waals surface area contributed by atoms with Crippen molar-refractivity contribution in [1.82, 2.24) is 19.7 Å². The molecule has 2 heterocycles. The lowest BCUT2D eigenvalue weighted by Gasteiger charge is -2.34. The third kappa shape index (κ3) is 2.90. The number of hydrogen-bond donors (Lipinski definition) is 1. The smallest absolute Gasteiger partial charge is 0.254 e. The summed E-state index contributed by atoms with van der Waals surface area (Å²) in [4.78, 5) is 19.5. The van der Waals surface area contributed by atoms with Crippen molar-refractivity contribution < 1.29 is 9.90 Å². The zero-order chi connectivity index (χ0) is 17.4. The van der Waals surface area contributed by atoms with Crippen LogP contribution in [0.2, 0.25) is 0 Å². The van der Waals surface area contributed by atoms with Gasteiger partial charge in [0.1, 0.15) is 0 Å². The fourth-order valence-electron chi connectivity index (χ4n) is 3.81. The molecule has 0 aromatic carbocycles. The number of aliphatic hydroxyl groups excluding tert-OH is 1. The molecule has 0 spiro atoms. The average Bonchev–Trinajstić information content (AvgIpc) is 2.87. The Morgan fingerprint density at radius 1 is 1.33 bits per heavy atom. The minimum Gasteiger partial charge on any atom is -0.396 e. The number of aliphatic hydroxyl groups is 1. The van der Waals surface area contributed by atoms with Crippen LogP contribution in [0, 0.1) is 19.8 Å². The van der Waals surface area contributed by atoms with Gasteiger partial charge in [-0.25, -0.2) is 4.98 Å². The Kier molecular flexibility index (Phi) is 4.58. The number of fused-ring (bicyclic) bond motifs is 1. The van der Waals surface area contributed by atoms with E-state index >= 15 is 0 Å². The van der Waals surface area contributed by atoms with Gasteiger partial charge in [-0.15, -0.1) is 0 Å². The highest BCUT2D eigenvalue weighted by atomic mass is 16.3. The molecule has 2 aromatic heterocycles. The summed E-state index contributed by atoms with van der Waals surface area (Å²) in [6, 6.07) is 2.11. The summed E-state index contributed by atoms with van der Waals surface area (Å²) in [5.74, 6) is 0.425. The number of aromatic nitrogens is 3. The van der Waals surface area contributed by atoms with Gasteiger partial charge >= 0.3 is 0 Å². The van der Waals surface area contributed by atoms with Crippen molar-refractivity contribution in [2.24, 2.45) is 13.0 Å². The van der Waals surface area contributed by atoms with Gasteiger partial charge in [0, 0.05) is 32.4 Å². The van der Waals surface area contributed by atoms with E-state index in [9.17, 15) is 9.90 Å². The maximum absolute atomic E-state index is 13.1. The highest BCUT2D eigenvalue weighted by molar-refractivity contribution is 6.06. The van der Waals surface area contributed by atoms with Crippen LogP contribution >= 0.6 is 0 Å². The van der Waals surface area contributed by atoms with Crippen LogP contribution in [0.15, 0.2) is 6.07 Å². The maximum atomic E-state index is 13.1. The van der Waals surface area contributed by atoms with Gasteiger partial charge in [0.25, 0.3) is 5.91 Å². The van der Waals surface area contributed by atoms with Crippen LogP contribution in [0.4, 0.5) is 0 Å². The van der Waals surface area contributed by atoms with Crippen molar-refractivity contribution in [2.75, 3.05) is 13.7 Å². The van der Waals surface area contributed by atoms with Crippen LogP contribution in [0.5, 0.6) is 0 Å². The van der Waals surface area contributed by atoms with E-state index in [2.05, 4.69) is 10.1 Å². The molecule has 0 aliphatic heterocycles. The normalized spacial score (nSPS) is 21.2. The van der Waals surface area contributed by atoms with Crippen molar-refractivity contribution in [3.8, 4) is 0 Å². The van der Waals surface area contributed by atoms with Gasteiger partial charge in [-0.05, 0) is 51.5 Å². The van der Waals surface area contributed by atoms with Crippen LogP contribution in [-0.4, -0.2) is 50.4 Å². The van der Waals surface area contributed by atoms with Crippen molar-refractivity contribution in [3.63, 3.8) is 0 Å². The molecular formula is C18H26N4O2. The Balaban J connectivity index is 1.91. The molecule has 1 saturated carbocycles. The third-order valence-corrected chi connectivity index (χ3v) is 5.27. The largest absolute Gasteiger partial charge is 0.396 e. The van der Waals surface area contributed by atoms with E-state index in [1.807, 2.05) is 38.9 Å². The summed E-state index contributed by atoms with van der Waals surface area (Å²) >= 11 is 0. The van der Waals surface area contributed by atoms with E-state index in [1.54, 1.807) is 4.68 Å². The number of pyridine rings is 1. The van der Waals surface area contributed by atoms with Gasteiger partial charge in [-0.2, -0.15) is 5.10 Å². The molecule has 130 valence electrons. The topological polar surface area (TPSA) is 71.2 Å². The van der Waals surface area contributed by atoms with Crippen LogP contribution < -0.4 is 0 Å². The quantitative estimate of drug-likeness (QED) is 0.936. The Bertz CT molecular complexity index is 760. The van der Waals surface area contributed by atoms with E-state index < -0.39 is 0 Å². The Hall–Kier alpha value is -1.95. The fourth-order valence-corrected chi connectivity index (χ4v) is 3.81. The number of aryl methyl sites for hydroxylation is 3. The second-order valence-electron chi connectivity index (χ2n) is 6.99. The third-order valence-electron chi connectivity index (χ3n) is 5.27. The van der Waals surface area contributed by atoms with Crippen LogP contribution in [-0.2, 0) is 7.05 Å². The molecule has 1 aliphatic rings. The average molecular weight is 330 g/mol. The molecule has 6 heteroatoms. The SMILES string of the molecule is Cc1cc(C(=O)N(C)C2CCC(CO)CC2)c2c(C)nn(C)c2n1. The van der Waals surface area contributed by atoms with Gasteiger partial charge in [-0.3, -0.25) is 9.48 Å². The van der Waals surface area contributed by atoms with Crippen molar-refractivity contribution in [2.45, 2.75) is 45.6 Å².